The molecule has 1 aromatic rings. The van der Waals surface area contributed by atoms with Crippen molar-refractivity contribution in [3.05, 3.63) is 24.3 Å². The molecule has 0 saturated heterocycles. The van der Waals surface area contributed by atoms with Gasteiger partial charge in [-0.1, -0.05) is 19.1 Å². The predicted molar refractivity (Wildman–Crippen MR) is 82.6 cm³/mol. The van der Waals surface area contributed by atoms with Crippen LogP contribution in [0.1, 0.15) is 39.0 Å². The van der Waals surface area contributed by atoms with E-state index in [1.54, 1.807) is 12.1 Å². The van der Waals surface area contributed by atoms with Crippen LogP contribution in [0.5, 0.6) is 0 Å². The van der Waals surface area contributed by atoms with E-state index in [9.17, 15) is 8.42 Å². The summed E-state index contributed by atoms with van der Waals surface area (Å²) < 4.78 is 24.6. The molecule has 1 aromatic carbocycles. The smallest absolute Gasteiger partial charge is 0.180 e. The number of sulfone groups is 1. The second kappa shape index (κ2) is 6.59. The third-order valence-corrected chi connectivity index (χ3v) is 5.80. The molecule has 0 heterocycles. The zero-order valence-electron chi connectivity index (χ0n) is 12.0. The summed E-state index contributed by atoms with van der Waals surface area (Å²) in [6, 6.07) is 7.84. The van der Waals surface area contributed by atoms with E-state index in [-0.39, 0.29) is 5.75 Å². The van der Waals surface area contributed by atoms with E-state index in [0.717, 1.165) is 31.4 Å². The van der Waals surface area contributed by atoms with E-state index in [1.165, 1.54) is 0 Å². The van der Waals surface area contributed by atoms with Gasteiger partial charge < -0.3 is 11.1 Å². The summed E-state index contributed by atoms with van der Waals surface area (Å²) in [5.74, 6) is 0.196. The predicted octanol–water partition coefficient (Wildman–Crippen LogP) is 2.55. The average molecular weight is 296 g/mol. The molecule has 0 aliphatic heterocycles. The van der Waals surface area contributed by atoms with Crippen LogP contribution in [0.2, 0.25) is 0 Å². The molecule has 4 nitrogen and oxygen atoms in total. The third-order valence-electron chi connectivity index (χ3n) is 3.83. The van der Waals surface area contributed by atoms with Crippen molar-refractivity contribution in [1.82, 2.24) is 0 Å². The van der Waals surface area contributed by atoms with Gasteiger partial charge in [0.1, 0.15) is 0 Å². The highest BCUT2D eigenvalue weighted by atomic mass is 32.2. The number of nitrogens with one attached hydrogen (secondary N) is 1. The highest BCUT2D eigenvalue weighted by Gasteiger charge is 2.22. The molecule has 112 valence electrons. The molecule has 3 N–H and O–H groups in total. The molecule has 0 radical (unpaired) electrons. The van der Waals surface area contributed by atoms with Crippen molar-refractivity contribution in [1.29, 1.82) is 0 Å². The molecular formula is C15H24N2O2S. The average Bonchev–Trinajstić information content (AvgIpc) is 2.42. The van der Waals surface area contributed by atoms with Crippen molar-refractivity contribution >= 4 is 15.5 Å². The van der Waals surface area contributed by atoms with Crippen LogP contribution < -0.4 is 11.1 Å². The van der Waals surface area contributed by atoms with Crippen molar-refractivity contribution in [2.45, 2.75) is 56.0 Å². The summed E-state index contributed by atoms with van der Waals surface area (Å²) >= 11 is 0. The molecule has 0 atom stereocenters. The molecule has 0 unspecified atom stereocenters. The molecule has 1 saturated carbocycles. The van der Waals surface area contributed by atoms with Crippen LogP contribution in [0.25, 0.3) is 0 Å². The van der Waals surface area contributed by atoms with Crippen LogP contribution in [0.4, 0.5) is 5.69 Å². The summed E-state index contributed by atoms with van der Waals surface area (Å²) in [4.78, 5) is 0.428. The second-order valence-electron chi connectivity index (χ2n) is 5.57. The molecule has 0 spiro atoms. The lowest BCUT2D eigenvalue weighted by atomic mass is 9.92. The van der Waals surface area contributed by atoms with E-state index in [0.29, 0.717) is 23.4 Å². The Morgan fingerprint density at radius 2 is 1.85 bits per heavy atom. The Balaban J connectivity index is 2.16. The fourth-order valence-electron chi connectivity index (χ4n) is 2.72. The van der Waals surface area contributed by atoms with E-state index in [1.807, 2.05) is 19.1 Å². The van der Waals surface area contributed by atoms with Crippen LogP contribution in [-0.4, -0.2) is 26.3 Å². The zero-order valence-corrected chi connectivity index (χ0v) is 12.8. The maximum atomic E-state index is 12.3. The highest BCUT2D eigenvalue weighted by molar-refractivity contribution is 7.91. The minimum atomic E-state index is -3.19. The van der Waals surface area contributed by atoms with Gasteiger partial charge in [-0.05, 0) is 44.2 Å². The molecule has 0 bridgehead atoms. The van der Waals surface area contributed by atoms with Gasteiger partial charge in [0.05, 0.1) is 16.3 Å². The highest BCUT2D eigenvalue weighted by Crippen LogP contribution is 2.27. The van der Waals surface area contributed by atoms with E-state index in [2.05, 4.69) is 5.32 Å². The minimum absolute atomic E-state index is 0.196. The van der Waals surface area contributed by atoms with Gasteiger partial charge >= 0.3 is 0 Å². The number of nitrogens with two attached hydrogens (primary N) is 1. The minimum Gasteiger partial charge on any atom is -0.381 e. The van der Waals surface area contributed by atoms with Gasteiger partial charge in [0.2, 0.25) is 0 Å². The Labute approximate surface area is 121 Å². The normalized spacial score (nSPS) is 23.5. The van der Waals surface area contributed by atoms with Gasteiger partial charge in [-0.2, -0.15) is 0 Å². The molecular weight excluding hydrogens is 272 g/mol. The van der Waals surface area contributed by atoms with Crippen molar-refractivity contribution in [3.8, 4) is 0 Å². The van der Waals surface area contributed by atoms with Crippen LogP contribution in [0.3, 0.4) is 0 Å². The second-order valence-corrected chi connectivity index (χ2v) is 7.65. The zero-order chi connectivity index (χ0) is 14.6. The summed E-state index contributed by atoms with van der Waals surface area (Å²) in [7, 11) is -3.19. The molecule has 1 aliphatic rings. The largest absolute Gasteiger partial charge is 0.381 e. The molecule has 20 heavy (non-hydrogen) atoms. The Morgan fingerprint density at radius 1 is 1.20 bits per heavy atom. The number of para-hydroxylation sites is 1. The van der Waals surface area contributed by atoms with Crippen LogP contribution in [-0.2, 0) is 9.84 Å². The molecule has 1 fully saturated rings. The van der Waals surface area contributed by atoms with Crippen LogP contribution >= 0.6 is 0 Å². The number of benzene rings is 1. The van der Waals surface area contributed by atoms with Crippen molar-refractivity contribution in [3.63, 3.8) is 0 Å². The first-order valence-corrected chi connectivity index (χ1v) is 9.02. The molecule has 2 rings (SSSR count). The number of anilines is 1. The van der Waals surface area contributed by atoms with Crippen molar-refractivity contribution in [2.75, 3.05) is 11.1 Å². The number of rotatable bonds is 5. The Morgan fingerprint density at radius 3 is 2.50 bits per heavy atom. The topological polar surface area (TPSA) is 72.2 Å². The number of hydrogen-bond donors (Lipinski definition) is 2. The lowest BCUT2D eigenvalue weighted by Crippen LogP contribution is -2.33. The van der Waals surface area contributed by atoms with Crippen molar-refractivity contribution in [2.24, 2.45) is 5.73 Å². The Bertz CT molecular complexity index is 535. The first-order valence-electron chi connectivity index (χ1n) is 7.37. The Hall–Kier alpha value is -1.07. The first-order chi connectivity index (χ1) is 9.53. The summed E-state index contributed by atoms with van der Waals surface area (Å²) in [5, 5.41) is 3.40. The SMILES string of the molecule is CCCS(=O)(=O)c1ccccc1NC1CCC(N)CC1. The summed E-state index contributed by atoms with van der Waals surface area (Å²) in [5.41, 5.74) is 6.64. The van der Waals surface area contributed by atoms with Gasteiger partial charge in [-0.3, -0.25) is 0 Å². The van der Waals surface area contributed by atoms with Gasteiger partial charge in [0.25, 0.3) is 0 Å². The van der Waals surface area contributed by atoms with Crippen LogP contribution in [0, 0.1) is 0 Å². The molecule has 1 aliphatic carbocycles. The van der Waals surface area contributed by atoms with E-state index >= 15 is 0 Å². The Kier molecular flexibility index (Phi) is 5.05. The third kappa shape index (κ3) is 3.73. The van der Waals surface area contributed by atoms with Gasteiger partial charge in [-0.15, -0.1) is 0 Å². The van der Waals surface area contributed by atoms with Gasteiger partial charge in [0.15, 0.2) is 9.84 Å². The lowest BCUT2D eigenvalue weighted by Gasteiger charge is -2.28. The summed E-state index contributed by atoms with van der Waals surface area (Å²) in [6.45, 7) is 1.89. The van der Waals surface area contributed by atoms with Crippen molar-refractivity contribution < 1.29 is 8.42 Å². The lowest BCUT2D eigenvalue weighted by molar-refractivity contribution is 0.410. The fraction of sp³-hybridized carbons (Fsp3) is 0.600. The first kappa shape index (κ1) is 15.3. The standard InChI is InChI=1S/C15H24N2O2S/c1-2-11-20(18,19)15-6-4-3-5-14(15)17-13-9-7-12(16)8-10-13/h3-6,12-13,17H,2,7-11,16H2,1H3. The molecule has 5 heteroatoms. The van der Waals surface area contributed by atoms with Gasteiger partial charge in [0, 0.05) is 12.1 Å². The van der Waals surface area contributed by atoms with E-state index < -0.39 is 9.84 Å². The fourth-order valence-corrected chi connectivity index (χ4v) is 4.22. The maximum Gasteiger partial charge on any atom is 0.180 e. The maximum absolute atomic E-state index is 12.3. The summed E-state index contributed by atoms with van der Waals surface area (Å²) in [6.07, 6.45) is 4.64. The van der Waals surface area contributed by atoms with E-state index in [4.69, 9.17) is 5.73 Å². The van der Waals surface area contributed by atoms with Crippen LogP contribution in [0.15, 0.2) is 29.2 Å². The monoisotopic (exact) mass is 296 g/mol. The molecule has 0 amide bonds. The molecule has 0 aromatic heterocycles. The van der Waals surface area contributed by atoms with Gasteiger partial charge in [-0.25, -0.2) is 8.42 Å². The number of hydrogen-bond acceptors (Lipinski definition) is 4. The quantitative estimate of drug-likeness (QED) is 0.876.